The molecule has 0 saturated carbocycles. The predicted octanol–water partition coefficient (Wildman–Crippen LogP) is 4.14. The van der Waals surface area contributed by atoms with E-state index in [4.69, 9.17) is 0 Å². The second kappa shape index (κ2) is 9.38. The number of benzene rings is 3. The number of carboxylic acids is 1. The van der Waals surface area contributed by atoms with Gasteiger partial charge in [-0.15, -0.1) is 0 Å². The fourth-order valence-corrected chi connectivity index (χ4v) is 4.24. The average molecular weight is 482 g/mol. The number of H-pyrrole nitrogens is 1. The van der Waals surface area contributed by atoms with Crippen molar-refractivity contribution in [1.82, 2.24) is 19.3 Å². The van der Waals surface area contributed by atoms with Gasteiger partial charge in [0.25, 0.3) is 11.5 Å². The summed E-state index contributed by atoms with van der Waals surface area (Å²) in [6.07, 6.45) is 1.52. The number of carbonyl (C=O) groups excluding carboxylic acids is 1. The van der Waals surface area contributed by atoms with E-state index in [1.54, 1.807) is 55.7 Å². The number of hydrogen-bond acceptors (Lipinski definition) is 4. The predicted molar refractivity (Wildman–Crippen MR) is 136 cm³/mol. The Balaban J connectivity index is 1.41. The number of carbonyl (C=O) groups is 2. The van der Waals surface area contributed by atoms with Gasteiger partial charge in [-0.05, 0) is 55.0 Å². The standard InChI is InChI=1S/C27H23N5O4/c1-17-13-25(33)32(30-17)21-10-7-19(8-11-21)27(36)29-20-9-12-22-24(14-20)31(16-28-22)23(15-26(34)35)18-5-3-2-4-6-18/h2-14,16,23,30H,15H2,1H3,(H,29,36)(H,34,35). The van der Waals surface area contributed by atoms with Gasteiger partial charge in [-0.3, -0.25) is 19.5 Å². The number of carboxylic acid groups (broad SMARTS) is 1. The van der Waals surface area contributed by atoms with Gasteiger partial charge in [-0.25, -0.2) is 9.67 Å². The van der Waals surface area contributed by atoms with Crippen molar-refractivity contribution in [1.29, 1.82) is 0 Å². The van der Waals surface area contributed by atoms with Crippen LogP contribution in [-0.2, 0) is 4.79 Å². The quantitative estimate of drug-likeness (QED) is 0.323. The van der Waals surface area contributed by atoms with Crippen LogP contribution in [0.4, 0.5) is 5.69 Å². The van der Waals surface area contributed by atoms with Crippen LogP contribution in [0.15, 0.2) is 90.0 Å². The summed E-state index contributed by atoms with van der Waals surface area (Å²) in [4.78, 5) is 41.0. The lowest BCUT2D eigenvalue weighted by atomic mass is 10.0. The summed E-state index contributed by atoms with van der Waals surface area (Å²) in [5.41, 5.74) is 4.43. The number of anilines is 1. The number of nitrogens with one attached hydrogen (secondary N) is 2. The molecule has 36 heavy (non-hydrogen) atoms. The van der Waals surface area contributed by atoms with Crippen molar-refractivity contribution in [3.63, 3.8) is 0 Å². The molecule has 0 spiro atoms. The normalized spacial score (nSPS) is 11.9. The Labute approximate surface area is 205 Å². The molecule has 0 bridgehead atoms. The summed E-state index contributed by atoms with van der Waals surface area (Å²) in [5, 5.41) is 15.4. The van der Waals surface area contributed by atoms with E-state index in [1.807, 2.05) is 34.9 Å². The maximum Gasteiger partial charge on any atom is 0.305 e. The van der Waals surface area contributed by atoms with E-state index in [-0.39, 0.29) is 17.9 Å². The van der Waals surface area contributed by atoms with Gasteiger partial charge < -0.3 is 15.0 Å². The van der Waals surface area contributed by atoms with E-state index in [2.05, 4.69) is 15.4 Å². The van der Waals surface area contributed by atoms with Crippen molar-refractivity contribution >= 4 is 28.6 Å². The Hall–Kier alpha value is -4.92. The van der Waals surface area contributed by atoms with Gasteiger partial charge in [0.05, 0.1) is 35.5 Å². The molecule has 2 aromatic heterocycles. The Morgan fingerprint density at radius 3 is 2.44 bits per heavy atom. The van der Waals surface area contributed by atoms with E-state index < -0.39 is 12.0 Å². The van der Waals surface area contributed by atoms with Gasteiger partial charge in [0.15, 0.2) is 0 Å². The summed E-state index contributed by atoms with van der Waals surface area (Å²) in [5.74, 6) is -1.23. The fourth-order valence-electron chi connectivity index (χ4n) is 4.24. The topological polar surface area (TPSA) is 122 Å². The summed E-state index contributed by atoms with van der Waals surface area (Å²) >= 11 is 0. The van der Waals surface area contributed by atoms with Crippen LogP contribution in [0.2, 0.25) is 0 Å². The number of aryl methyl sites for hydroxylation is 1. The number of aromatic amines is 1. The van der Waals surface area contributed by atoms with Crippen molar-refractivity contribution in [2.24, 2.45) is 0 Å². The molecule has 5 aromatic rings. The highest BCUT2D eigenvalue weighted by Crippen LogP contribution is 2.28. The monoisotopic (exact) mass is 481 g/mol. The second-order valence-corrected chi connectivity index (χ2v) is 8.49. The molecular weight excluding hydrogens is 458 g/mol. The third kappa shape index (κ3) is 4.54. The molecule has 0 radical (unpaired) electrons. The number of rotatable bonds is 7. The van der Waals surface area contributed by atoms with E-state index in [9.17, 15) is 19.5 Å². The molecule has 0 fully saturated rings. The van der Waals surface area contributed by atoms with E-state index in [0.29, 0.717) is 28.0 Å². The third-order valence-electron chi connectivity index (χ3n) is 5.96. The molecule has 9 heteroatoms. The number of imidazole rings is 1. The van der Waals surface area contributed by atoms with Gasteiger partial charge >= 0.3 is 5.97 Å². The number of aliphatic carboxylic acids is 1. The first-order valence-corrected chi connectivity index (χ1v) is 11.3. The first-order valence-electron chi connectivity index (χ1n) is 11.3. The lowest BCUT2D eigenvalue weighted by Crippen LogP contribution is -2.15. The summed E-state index contributed by atoms with van der Waals surface area (Å²) in [6, 6.07) is 22.4. The second-order valence-electron chi connectivity index (χ2n) is 8.49. The van der Waals surface area contributed by atoms with Crippen LogP contribution in [0.25, 0.3) is 16.7 Å². The van der Waals surface area contributed by atoms with Crippen LogP contribution >= 0.6 is 0 Å². The lowest BCUT2D eigenvalue weighted by Gasteiger charge is -2.18. The molecule has 0 saturated heterocycles. The first-order chi connectivity index (χ1) is 17.4. The van der Waals surface area contributed by atoms with Crippen molar-refractivity contribution in [2.45, 2.75) is 19.4 Å². The van der Waals surface area contributed by atoms with Crippen LogP contribution in [-0.4, -0.2) is 36.3 Å². The largest absolute Gasteiger partial charge is 0.481 e. The highest BCUT2D eigenvalue weighted by Gasteiger charge is 2.20. The number of fused-ring (bicyclic) bond motifs is 1. The van der Waals surface area contributed by atoms with Crippen LogP contribution in [0, 0.1) is 6.92 Å². The first kappa shape index (κ1) is 22.9. The molecule has 5 rings (SSSR count). The number of amides is 1. The molecular formula is C27H23N5O4. The van der Waals surface area contributed by atoms with Crippen molar-refractivity contribution in [3.05, 3.63) is 112 Å². The maximum absolute atomic E-state index is 12.9. The highest BCUT2D eigenvalue weighted by molar-refractivity contribution is 6.05. The molecule has 180 valence electrons. The number of aromatic nitrogens is 4. The van der Waals surface area contributed by atoms with Crippen LogP contribution in [0.5, 0.6) is 0 Å². The number of nitrogens with zero attached hydrogens (tertiary/aromatic N) is 3. The van der Waals surface area contributed by atoms with Gasteiger partial charge in [-0.1, -0.05) is 30.3 Å². The van der Waals surface area contributed by atoms with Crippen LogP contribution < -0.4 is 10.9 Å². The summed E-state index contributed by atoms with van der Waals surface area (Å²) in [6.45, 7) is 1.80. The van der Waals surface area contributed by atoms with Crippen LogP contribution in [0.3, 0.4) is 0 Å². The highest BCUT2D eigenvalue weighted by atomic mass is 16.4. The van der Waals surface area contributed by atoms with Crippen molar-refractivity contribution in [3.8, 4) is 5.69 Å². The molecule has 9 nitrogen and oxygen atoms in total. The van der Waals surface area contributed by atoms with Gasteiger partial charge in [0, 0.05) is 23.0 Å². The van der Waals surface area contributed by atoms with E-state index >= 15 is 0 Å². The minimum absolute atomic E-state index is 0.109. The Kier molecular flexibility index (Phi) is 5.95. The molecule has 3 aromatic carbocycles. The van der Waals surface area contributed by atoms with E-state index in [1.165, 1.54) is 10.7 Å². The lowest BCUT2D eigenvalue weighted by molar-refractivity contribution is -0.137. The van der Waals surface area contributed by atoms with Gasteiger partial charge in [0.1, 0.15) is 0 Å². The van der Waals surface area contributed by atoms with Crippen molar-refractivity contribution < 1.29 is 14.7 Å². The number of hydrogen-bond donors (Lipinski definition) is 3. The molecule has 1 atom stereocenters. The minimum Gasteiger partial charge on any atom is -0.481 e. The van der Waals surface area contributed by atoms with Crippen LogP contribution in [0.1, 0.15) is 34.1 Å². The molecule has 0 aliphatic rings. The minimum atomic E-state index is -0.921. The summed E-state index contributed by atoms with van der Waals surface area (Å²) < 4.78 is 3.23. The molecule has 0 aliphatic carbocycles. The van der Waals surface area contributed by atoms with Gasteiger partial charge in [-0.2, -0.15) is 0 Å². The Bertz CT molecular complexity index is 1610. The molecule has 2 heterocycles. The smallest absolute Gasteiger partial charge is 0.305 e. The zero-order chi connectivity index (χ0) is 25.2. The zero-order valence-electron chi connectivity index (χ0n) is 19.4. The average Bonchev–Trinajstić information content (AvgIpc) is 3.44. The Morgan fingerprint density at radius 1 is 1.03 bits per heavy atom. The summed E-state index contributed by atoms with van der Waals surface area (Å²) in [7, 11) is 0. The maximum atomic E-state index is 12.9. The molecule has 0 aliphatic heterocycles. The third-order valence-corrected chi connectivity index (χ3v) is 5.96. The SMILES string of the molecule is Cc1cc(=O)n(-c2ccc(C(=O)Nc3ccc4ncn(C(CC(=O)O)c5ccccc5)c4c3)cc2)[nH]1. The molecule has 3 N–H and O–H groups in total. The van der Waals surface area contributed by atoms with Crippen molar-refractivity contribution in [2.75, 3.05) is 5.32 Å². The van der Waals surface area contributed by atoms with E-state index in [0.717, 1.165) is 11.3 Å². The zero-order valence-corrected chi connectivity index (χ0v) is 19.4. The fraction of sp³-hybridized carbons (Fsp3) is 0.111. The molecule has 1 amide bonds. The Morgan fingerprint density at radius 2 is 1.78 bits per heavy atom. The van der Waals surface area contributed by atoms with Gasteiger partial charge in [0.2, 0.25) is 0 Å². The molecule has 1 unspecified atom stereocenters.